The van der Waals surface area contributed by atoms with Gasteiger partial charge in [0.1, 0.15) is 12.2 Å². The van der Waals surface area contributed by atoms with E-state index in [0.717, 1.165) is 17.3 Å². The molecule has 0 radical (unpaired) electrons. The highest BCUT2D eigenvalue weighted by atomic mass is 16.2. The lowest BCUT2D eigenvalue weighted by atomic mass is 10.0. The van der Waals surface area contributed by atoms with Crippen molar-refractivity contribution < 1.29 is 9.59 Å². The largest absolute Gasteiger partial charge is 0.326 e. The smallest absolute Gasteiger partial charge is 0.271 e. The van der Waals surface area contributed by atoms with Crippen LogP contribution >= 0.6 is 0 Å². The van der Waals surface area contributed by atoms with E-state index in [1.807, 2.05) is 30.3 Å². The van der Waals surface area contributed by atoms with Gasteiger partial charge in [-0.3, -0.25) is 14.2 Å². The van der Waals surface area contributed by atoms with E-state index in [4.69, 9.17) is 0 Å². The van der Waals surface area contributed by atoms with E-state index in [-0.39, 0.29) is 24.4 Å². The summed E-state index contributed by atoms with van der Waals surface area (Å²) in [6.45, 7) is 3.37. The average Bonchev–Trinajstić information content (AvgIpc) is 3.66. The van der Waals surface area contributed by atoms with Gasteiger partial charge in [-0.25, -0.2) is 0 Å². The van der Waals surface area contributed by atoms with Crippen LogP contribution < -0.4 is 5.32 Å². The maximum Gasteiger partial charge on any atom is 0.271 e. The first-order valence-corrected chi connectivity index (χ1v) is 12.9. The molecule has 1 fully saturated rings. The number of amides is 1. The topological polar surface area (TPSA) is 54.3 Å². The second-order valence-electron chi connectivity index (χ2n) is 10.3. The molecule has 36 heavy (non-hydrogen) atoms. The summed E-state index contributed by atoms with van der Waals surface area (Å²) in [4.78, 5) is 28.6. The van der Waals surface area contributed by atoms with Gasteiger partial charge in [0.05, 0.1) is 5.52 Å². The maximum atomic E-state index is 13.6. The number of hydrogen-bond donors (Lipinski definition) is 1. The summed E-state index contributed by atoms with van der Waals surface area (Å²) in [5.41, 5.74) is 6.27. The minimum Gasteiger partial charge on any atom is -0.326 e. The van der Waals surface area contributed by atoms with Crippen LogP contribution in [0.25, 0.3) is 10.9 Å². The van der Waals surface area contributed by atoms with Crippen LogP contribution in [0.15, 0.2) is 78.9 Å². The van der Waals surface area contributed by atoms with Gasteiger partial charge in [-0.2, -0.15) is 0 Å². The third-order valence-corrected chi connectivity index (χ3v) is 7.40. The Bertz CT molecular complexity index is 1430. The van der Waals surface area contributed by atoms with Crippen molar-refractivity contribution in [1.29, 1.82) is 0 Å². The van der Waals surface area contributed by atoms with E-state index in [1.165, 1.54) is 35.1 Å². The van der Waals surface area contributed by atoms with Crippen molar-refractivity contribution in [3.63, 3.8) is 0 Å². The van der Waals surface area contributed by atoms with Crippen molar-refractivity contribution in [1.82, 2.24) is 14.8 Å². The monoisotopic (exact) mass is 477 g/mol. The van der Waals surface area contributed by atoms with E-state index >= 15 is 0 Å². The molecule has 1 saturated carbocycles. The molecule has 1 atom stereocenters. The lowest BCUT2D eigenvalue weighted by molar-refractivity contribution is 0.0608. The number of nitrogens with one attached hydrogen (secondary N) is 1. The van der Waals surface area contributed by atoms with Gasteiger partial charge in [0.25, 0.3) is 11.8 Å². The van der Waals surface area contributed by atoms with Gasteiger partial charge in [-0.1, -0.05) is 66.2 Å². The minimum atomic E-state index is -0.0748. The Kier molecular flexibility index (Phi) is 5.94. The standard InChI is InChI=1S/C31H31N3O2/c1-21-6-5-9-23(14-21)18-32-27(15-22-7-3-2-4-8-22)19-33-20-30(35)34-28-13-12-25(24-10-11-24)16-26(28)17-29(34)31(33)36/h2-9,12-14,16-17,24,27,32H,10-11,15,18-20H2,1H3/t27-/m0/s1. The van der Waals surface area contributed by atoms with Crippen LogP contribution in [-0.2, 0) is 13.0 Å². The van der Waals surface area contributed by atoms with Crippen LogP contribution in [0.4, 0.5) is 0 Å². The van der Waals surface area contributed by atoms with Crippen molar-refractivity contribution in [2.75, 3.05) is 13.1 Å². The van der Waals surface area contributed by atoms with Crippen molar-refractivity contribution in [3.8, 4) is 0 Å². The number of hydrogen-bond acceptors (Lipinski definition) is 3. The van der Waals surface area contributed by atoms with E-state index in [0.29, 0.717) is 24.7 Å². The highest BCUT2D eigenvalue weighted by Crippen LogP contribution is 2.41. The molecule has 2 heterocycles. The van der Waals surface area contributed by atoms with E-state index in [9.17, 15) is 9.59 Å². The summed E-state index contributed by atoms with van der Waals surface area (Å²) < 4.78 is 1.62. The molecule has 1 N–H and O–H groups in total. The first kappa shape index (κ1) is 22.7. The number of aromatic nitrogens is 1. The van der Waals surface area contributed by atoms with Crippen molar-refractivity contribution in [2.45, 2.75) is 44.7 Å². The zero-order valence-electron chi connectivity index (χ0n) is 20.6. The van der Waals surface area contributed by atoms with Crippen molar-refractivity contribution in [2.24, 2.45) is 0 Å². The fourth-order valence-electron chi connectivity index (χ4n) is 5.40. The minimum absolute atomic E-state index is 0.0158. The zero-order chi connectivity index (χ0) is 24.6. The molecule has 1 amide bonds. The summed E-state index contributed by atoms with van der Waals surface area (Å²) >= 11 is 0. The molecule has 1 aromatic heterocycles. The maximum absolute atomic E-state index is 13.6. The summed E-state index contributed by atoms with van der Waals surface area (Å²) in [6.07, 6.45) is 3.23. The molecule has 0 unspecified atom stereocenters. The van der Waals surface area contributed by atoms with Crippen LogP contribution in [0.3, 0.4) is 0 Å². The number of fused-ring (bicyclic) bond motifs is 3. The van der Waals surface area contributed by atoms with Gasteiger partial charge in [0.2, 0.25) is 0 Å². The normalized spacial score (nSPS) is 16.4. The first-order chi connectivity index (χ1) is 17.5. The van der Waals surface area contributed by atoms with Crippen LogP contribution in [0.2, 0.25) is 0 Å². The van der Waals surface area contributed by atoms with Gasteiger partial charge in [0, 0.05) is 24.5 Å². The Morgan fingerprint density at radius 3 is 2.50 bits per heavy atom. The Morgan fingerprint density at radius 1 is 0.917 bits per heavy atom. The number of carbonyl (C=O) groups excluding carboxylic acids is 2. The average molecular weight is 478 g/mol. The zero-order valence-corrected chi connectivity index (χ0v) is 20.6. The molecule has 3 aromatic carbocycles. The lowest BCUT2D eigenvalue weighted by Gasteiger charge is -2.31. The fourth-order valence-corrected chi connectivity index (χ4v) is 5.40. The molecule has 5 nitrogen and oxygen atoms in total. The summed E-state index contributed by atoms with van der Waals surface area (Å²) in [5, 5.41) is 4.64. The van der Waals surface area contributed by atoms with Crippen molar-refractivity contribution >= 4 is 22.7 Å². The van der Waals surface area contributed by atoms with E-state index in [2.05, 4.69) is 60.8 Å². The first-order valence-electron chi connectivity index (χ1n) is 12.9. The van der Waals surface area contributed by atoms with Crippen LogP contribution in [0, 0.1) is 6.92 Å². The number of nitrogens with zero attached hydrogens (tertiary/aromatic N) is 2. The summed E-state index contributed by atoms with van der Waals surface area (Å²) in [6, 6.07) is 27.0. The second-order valence-corrected chi connectivity index (χ2v) is 10.3. The number of rotatable bonds is 8. The quantitative estimate of drug-likeness (QED) is 0.374. The Labute approximate surface area is 211 Å². The third-order valence-electron chi connectivity index (χ3n) is 7.40. The van der Waals surface area contributed by atoms with Gasteiger partial charge in [0.15, 0.2) is 0 Å². The number of aryl methyl sites for hydroxylation is 1. The fraction of sp³-hybridized carbons (Fsp3) is 0.290. The predicted molar refractivity (Wildman–Crippen MR) is 142 cm³/mol. The molecule has 1 aliphatic carbocycles. The molecule has 0 spiro atoms. The molecular formula is C31H31N3O2. The Morgan fingerprint density at radius 2 is 1.72 bits per heavy atom. The molecule has 182 valence electrons. The van der Waals surface area contributed by atoms with Gasteiger partial charge in [-0.05, 0) is 67.0 Å². The lowest BCUT2D eigenvalue weighted by Crippen LogP contribution is -2.50. The van der Waals surface area contributed by atoms with E-state index in [1.54, 1.807) is 9.47 Å². The summed E-state index contributed by atoms with van der Waals surface area (Å²) in [5.74, 6) is 0.512. The molecule has 6 rings (SSSR count). The highest BCUT2D eigenvalue weighted by molar-refractivity contribution is 6.09. The van der Waals surface area contributed by atoms with Crippen LogP contribution in [-0.4, -0.2) is 40.4 Å². The second kappa shape index (κ2) is 9.40. The Hall–Kier alpha value is -3.70. The van der Waals surface area contributed by atoms with Crippen molar-refractivity contribution in [3.05, 3.63) is 107 Å². The number of benzene rings is 3. The molecule has 0 saturated heterocycles. The number of carbonyl (C=O) groups is 2. The third kappa shape index (κ3) is 4.59. The van der Waals surface area contributed by atoms with Crippen LogP contribution in [0.5, 0.6) is 0 Å². The summed E-state index contributed by atoms with van der Waals surface area (Å²) in [7, 11) is 0. The Balaban J connectivity index is 1.25. The van der Waals surface area contributed by atoms with Gasteiger partial charge >= 0.3 is 0 Å². The molecule has 2 aliphatic rings. The SMILES string of the molecule is Cc1cccc(CN[C@@H](Cc2ccccc2)CN2CC(=O)n3c(cc4cc(C5CC5)ccc43)C2=O)c1. The van der Waals surface area contributed by atoms with Gasteiger partial charge in [-0.15, -0.1) is 0 Å². The van der Waals surface area contributed by atoms with Gasteiger partial charge < -0.3 is 10.2 Å². The molecule has 0 bridgehead atoms. The molecule has 4 aromatic rings. The predicted octanol–water partition coefficient (Wildman–Crippen LogP) is 5.32. The van der Waals surface area contributed by atoms with Crippen LogP contribution in [0.1, 0.15) is 56.3 Å². The highest BCUT2D eigenvalue weighted by Gasteiger charge is 2.33. The van der Waals surface area contributed by atoms with E-state index < -0.39 is 0 Å². The molecule has 5 heteroatoms. The molecule has 1 aliphatic heterocycles. The molecular weight excluding hydrogens is 446 g/mol.